The molecular formula is C15H20F3NO4. The van der Waals surface area contributed by atoms with E-state index in [0.29, 0.717) is 0 Å². The van der Waals surface area contributed by atoms with Gasteiger partial charge in [-0.05, 0) is 32.9 Å². The van der Waals surface area contributed by atoms with E-state index in [1.807, 2.05) is 0 Å². The van der Waals surface area contributed by atoms with Gasteiger partial charge < -0.3 is 19.2 Å². The second kappa shape index (κ2) is 6.16. The normalized spacial score (nSPS) is 25.3. The average Bonchev–Trinajstić information content (AvgIpc) is 2.87. The molecule has 1 amide bonds. The lowest BCUT2D eigenvalue weighted by Crippen LogP contribution is -2.54. The van der Waals surface area contributed by atoms with Crippen molar-refractivity contribution in [1.29, 1.82) is 0 Å². The van der Waals surface area contributed by atoms with Crippen LogP contribution in [0, 0.1) is 6.92 Å². The average molecular weight is 335 g/mol. The van der Waals surface area contributed by atoms with Gasteiger partial charge in [-0.3, -0.25) is 4.79 Å². The van der Waals surface area contributed by atoms with E-state index >= 15 is 0 Å². The summed E-state index contributed by atoms with van der Waals surface area (Å²) in [6, 6.07) is 1.99. The zero-order valence-electron chi connectivity index (χ0n) is 13.2. The fourth-order valence-corrected chi connectivity index (χ4v) is 2.59. The van der Waals surface area contributed by atoms with E-state index in [1.54, 1.807) is 13.8 Å². The first-order valence-electron chi connectivity index (χ1n) is 7.33. The van der Waals surface area contributed by atoms with Crippen molar-refractivity contribution in [2.45, 2.75) is 51.1 Å². The minimum absolute atomic E-state index is 0.190. The van der Waals surface area contributed by atoms with Crippen LogP contribution in [0.4, 0.5) is 13.2 Å². The van der Waals surface area contributed by atoms with Gasteiger partial charge >= 0.3 is 6.18 Å². The molecule has 0 aromatic carbocycles. The summed E-state index contributed by atoms with van der Waals surface area (Å²) in [6.45, 7) is 5.35. The Labute approximate surface area is 132 Å². The highest BCUT2D eigenvalue weighted by atomic mass is 19.4. The van der Waals surface area contributed by atoms with Crippen molar-refractivity contribution in [2.24, 2.45) is 0 Å². The highest BCUT2D eigenvalue weighted by Crippen LogP contribution is 2.42. The first-order chi connectivity index (χ1) is 10.6. The molecule has 2 heterocycles. The van der Waals surface area contributed by atoms with Crippen molar-refractivity contribution in [1.82, 2.24) is 4.90 Å². The molecule has 130 valence electrons. The molecule has 0 aliphatic carbocycles. The van der Waals surface area contributed by atoms with Crippen LogP contribution in [0.25, 0.3) is 0 Å². The van der Waals surface area contributed by atoms with Gasteiger partial charge in [0, 0.05) is 6.54 Å². The molecule has 2 rings (SSSR count). The van der Waals surface area contributed by atoms with Gasteiger partial charge in [-0.2, -0.15) is 13.2 Å². The van der Waals surface area contributed by atoms with Crippen molar-refractivity contribution >= 4 is 5.91 Å². The van der Waals surface area contributed by atoms with Gasteiger partial charge in [-0.15, -0.1) is 0 Å². The molecule has 1 aliphatic rings. The summed E-state index contributed by atoms with van der Waals surface area (Å²) in [4.78, 5) is 13.7. The Bertz CT molecular complexity index is 571. The van der Waals surface area contributed by atoms with E-state index < -0.39 is 29.9 Å². The zero-order chi connectivity index (χ0) is 17.4. The van der Waals surface area contributed by atoms with Crippen molar-refractivity contribution in [3.63, 3.8) is 0 Å². The van der Waals surface area contributed by atoms with Crippen LogP contribution in [0.15, 0.2) is 16.5 Å². The molecule has 3 unspecified atom stereocenters. The number of rotatable bonds is 3. The highest BCUT2D eigenvalue weighted by molar-refractivity contribution is 5.78. The Morgan fingerprint density at radius 3 is 2.57 bits per heavy atom. The number of carbonyl (C=O) groups is 1. The monoisotopic (exact) mass is 335 g/mol. The second-order valence-electron chi connectivity index (χ2n) is 5.85. The standard InChI is InChI=1S/C15H20F3NO4/c1-9-4-5-12(23-9)14(21,15(16,17)18)8-13(20)19-6-7-22-11(3)10(19)2/h4-5,10-11,21H,6-8H2,1-3H3. The number of aryl methyl sites for hydroxylation is 1. The molecule has 8 heteroatoms. The third-order valence-corrected chi connectivity index (χ3v) is 4.23. The number of hydrogen-bond donors (Lipinski definition) is 1. The molecule has 0 radical (unpaired) electrons. The van der Waals surface area contributed by atoms with Gasteiger partial charge in [0.05, 0.1) is 25.2 Å². The van der Waals surface area contributed by atoms with Gasteiger partial charge in [-0.25, -0.2) is 0 Å². The van der Waals surface area contributed by atoms with Crippen LogP contribution in [0.3, 0.4) is 0 Å². The molecule has 0 saturated carbocycles. The third-order valence-electron chi connectivity index (χ3n) is 4.23. The molecule has 1 aromatic heterocycles. The first kappa shape index (κ1) is 17.8. The number of nitrogens with zero attached hydrogens (tertiary/aromatic N) is 1. The maximum Gasteiger partial charge on any atom is 0.425 e. The predicted molar refractivity (Wildman–Crippen MR) is 74.6 cm³/mol. The number of ether oxygens (including phenoxy) is 1. The Morgan fingerprint density at radius 2 is 2.04 bits per heavy atom. The smallest absolute Gasteiger partial charge is 0.425 e. The van der Waals surface area contributed by atoms with Gasteiger partial charge in [0.15, 0.2) is 0 Å². The first-order valence-corrected chi connectivity index (χ1v) is 7.33. The lowest BCUT2D eigenvalue weighted by molar-refractivity contribution is -0.274. The SMILES string of the molecule is Cc1ccc(C(O)(CC(=O)N2CCOC(C)C2C)C(F)(F)F)o1. The number of halogens is 3. The van der Waals surface area contributed by atoms with E-state index in [1.165, 1.54) is 17.9 Å². The van der Waals surface area contributed by atoms with Crippen molar-refractivity contribution in [2.75, 3.05) is 13.2 Å². The molecule has 23 heavy (non-hydrogen) atoms. The van der Waals surface area contributed by atoms with Crippen LogP contribution in [0.1, 0.15) is 31.8 Å². The molecule has 1 aliphatic heterocycles. The van der Waals surface area contributed by atoms with Crippen LogP contribution in [0.2, 0.25) is 0 Å². The fourth-order valence-electron chi connectivity index (χ4n) is 2.59. The number of alkyl halides is 3. The molecule has 5 nitrogen and oxygen atoms in total. The van der Waals surface area contributed by atoms with E-state index in [-0.39, 0.29) is 31.1 Å². The number of amides is 1. The van der Waals surface area contributed by atoms with Crippen LogP contribution >= 0.6 is 0 Å². The van der Waals surface area contributed by atoms with Crippen LogP contribution in [0.5, 0.6) is 0 Å². The van der Waals surface area contributed by atoms with Gasteiger partial charge in [-0.1, -0.05) is 0 Å². The minimum atomic E-state index is -5.03. The van der Waals surface area contributed by atoms with Crippen LogP contribution in [-0.4, -0.2) is 47.4 Å². The molecule has 1 aromatic rings. The third kappa shape index (κ3) is 3.37. The molecule has 1 fully saturated rings. The second-order valence-corrected chi connectivity index (χ2v) is 5.85. The fraction of sp³-hybridized carbons (Fsp3) is 0.667. The molecule has 1 saturated heterocycles. The largest absolute Gasteiger partial charge is 0.463 e. The van der Waals surface area contributed by atoms with E-state index in [4.69, 9.17) is 9.15 Å². The van der Waals surface area contributed by atoms with Gasteiger partial charge in [0.1, 0.15) is 11.5 Å². The summed E-state index contributed by atoms with van der Waals surface area (Å²) in [6.07, 6.45) is -6.44. The maximum atomic E-state index is 13.4. The topological polar surface area (TPSA) is 62.9 Å². The van der Waals surface area contributed by atoms with E-state index in [2.05, 4.69) is 0 Å². The summed E-state index contributed by atoms with van der Waals surface area (Å²) in [5.41, 5.74) is -3.35. The van der Waals surface area contributed by atoms with Crippen LogP contribution in [-0.2, 0) is 15.1 Å². The zero-order valence-corrected chi connectivity index (χ0v) is 13.2. The number of carbonyl (C=O) groups excluding carboxylic acids is 1. The lowest BCUT2D eigenvalue weighted by atomic mass is 9.94. The molecule has 3 atom stereocenters. The van der Waals surface area contributed by atoms with Crippen molar-refractivity contribution < 1.29 is 32.2 Å². The molecule has 1 N–H and O–H groups in total. The minimum Gasteiger partial charge on any atom is -0.463 e. The number of aliphatic hydroxyl groups is 1. The predicted octanol–water partition coefficient (Wildman–Crippen LogP) is 2.36. The number of furan rings is 1. The highest BCUT2D eigenvalue weighted by Gasteiger charge is 2.59. The van der Waals surface area contributed by atoms with Crippen molar-refractivity contribution in [3.05, 3.63) is 23.7 Å². The molecular weight excluding hydrogens is 315 g/mol. The number of morpholine rings is 1. The van der Waals surface area contributed by atoms with Crippen LogP contribution < -0.4 is 0 Å². The Hall–Kier alpha value is -1.54. The Morgan fingerprint density at radius 1 is 1.39 bits per heavy atom. The maximum absolute atomic E-state index is 13.4. The summed E-state index contributed by atoms with van der Waals surface area (Å²) < 4.78 is 50.5. The van der Waals surface area contributed by atoms with E-state index in [0.717, 1.165) is 6.07 Å². The summed E-state index contributed by atoms with van der Waals surface area (Å²) in [7, 11) is 0. The summed E-state index contributed by atoms with van der Waals surface area (Å²) in [5.74, 6) is -1.24. The van der Waals surface area contributed by atoms with Crippen molar-refractivity contribution in [3.8, 4) is 0 Å². The summed E-state index contributed by atoms with van der Waals surface area (Å²) in [5, 5.41) is 10.2. The Kier molecular flexibility index (Phi) is 4.77. The number of hydrogen-bond acceptors (Lipinski definition) is 4. The summed E-state index contributed by atoms with van der Waals surface area (Å²) >= 11 is 0. The lowest BCUT2D eigenvalue weighted by Gasteiger charge is -2.39. The van der Waals surface area contributed by atoms with Gasteiger partial charge in [0.25, 0.3) is 0 Å². The molecule has 0 spiro atoms. The molecule has 0 bridgehead atoms. The van der Waals surface area contributed by atoms with Gasteiger partial charge in [0.2, 0.25) is 11.5 Å². The van der Waals surface area contributed by atoms with E-state index in [9.17, 15) is 23.1 Å². The quantitative estimate of drug-likeness (QED) is 0.921. The Balaban J connectivity index is 2.26.